The fourth-order valence-corrected chi connectivity index (χ4v) is 2.15. The summed E-state index contributed by atoms with van der Waals surface area (Å²) in [6.45, 7) is 1.48. The topological polar surface area (TPSA) is 72.6 Å². The highest BCUT2D eigenvalue weighted by Crippen LogP contribution is 2.30. The van der Waals surface area contributed by atoms with Crippen LogP contribution in [0.25, 0.3) is 27.6 Å². The first-order valence-electron chi connectivity index (χ1n) is 5.72. The van der Waals surface area contributed by atoms with Crippen LogP contribution in [0.1, 0.15) is 6.92 Å². The largest absolute Gasteiger partial charge is 0.509 e. The lowest BCUT2D eigenvalue weighted by molar-refractivity contribution is 0.406. The van der Waals surface area contributed by atoms with Crippen LogP contribution in [0.2, 0.25) is 0 Å². The Bertz CT molecular complexity index is 891. The first-order chi connectivity index (χ1) is 9.11. The van der Waals surface area contributed by atoms with Gasteiger partial charge in [0, 0.05) is 6.07 Å². The van der Waals surface area contributed by atoms with E-state index in [1.165, 1.54) is 20.1 Å². The molecule has 0 unspecified atom stereocenters. The van der Waals surface area contributed by atoms with E-state index in [1.54, 1.807) is 12.1 Å². The molecule has 0 atom stereocenters. The number of rotatable bonds is 1. The molecule has 0 amide bonds. The summed E-state index contributed by atoms with van der Waals surface area (Å²) in [5.41, 5.74) is 0.624. The van der Waals surface area contributed by atoms with Gasteiger partial charge in [-0.25, -0.2) is 4.98 Å². The van der Waals surface area contributed by atoms with E-state index in [2.05, 4.69) is 4.98 Å². The second-order valence-electron chi connectivity index (χ2n) is 4.21. The van der Waals surface area contributed by atoms with Crippen LogP contribution in [0.4, 0.5) is 0 Å². The van der Waals surface area contributed by atoms with E-state index in [4.69, 9.17) is 9.15 Å². The summed E-state index contributed by atoms with van der Waals surface area (Å²) in [7, 11) is 1.53. The van der Waals surface area contributed by atoms with Crippen LogP contribution in [0, 0.1) is 0 Å². The van der Waals surface area contributed by atoms with Crippen molar-refractivity contribution in [3.05, 3.63) is 40.0 Å². The fourth-order valence-electron chi connectivity index (χ4n) is 2.15. The van der Waals surface area contributed by atoms with Crippen LogP contribution in [0.5, 0.6) is 5.75 Å². The number of aliphatic hydroxyl groups is 1. The zero-order valence-corrected chi connectivity index (χ0v) is 10.4. The molecule has 0 fully saturated rings. The Morgan fingerprint density at radius 2 is 2.05 bits per heavy atom. The quantitative estimate of drug-likeness (QED) is 0.719. The van der Waals surface area contributed by atoms with Gasteiger partial charge in [0.25, 0.3) is 5.56 Å². The van der Waals surface area contributed by atoms with Crippen molar-refractivity contribution in [1.82, 2.24) is 4.98 Å². The third kappa shape index (κ3) is 1.62. The minimum Gasteiger partial charge on any atom is -0.509 e. The molecule has 0 bridgehead atoms. The van der Waals surface area contributed by atoms with Gasteiger partial charge in [0.1, 0.15) is 11.3 Å². The fraction of sp³-hybridized carbons (Fsp3) is 0.143. The predicted octanol–water partition coefficient (Wildman–Crippen LogP) is 1.75. The van der Waals surface area contributed by atoms with E-state index in [-0.39, 0.29) is 16.7 Å². The Balaban J connectivity index is 2.75. The van der Waals surface area contributed by atoms with Crippen molar-refractivity contribution in [2.24, 2.45) is 0 Å². The average Bonchev–Trinajstić information content (AvgIpc) is 2.67. The molecule has 3 rings (SSSR count). The summed E-state index contributed by atoms with van der Waals surface area (Å²) in [6, 6.07) is 6.64. The maximum absolute atomic E-state index is 11.6. The third-order valence-corrected chi connectivity index (χ3v) is 2.99. The first kappa shape index (κ1) is 11.5. The summed E-state index contributed by atoms with van der Waals surface area (Å²) in [4.78, 5) is 15.6. The molecule has 0 saturated carbocycles. The number of aromatic nitrogens is 1. The highest BCUT2D eigenvalue weighted by atomic mass is 16.5. The Morgan fingerprint density at radius 3 is 2.74 bits per heavy atom. The average molecular weight is 257 g/mol. The zero-order chi connectivity index (χ0) is 13.6. The van der Waals surface area contributed by atoms with E-state index in [1.807, 2.05) is 6.07 Å². The van der Waals surface area contributed by atoms with Gasteiger partial charge in [0.15, 0.2) is 16.7 Å². The van der Waals surface area contributed by atoms with Crippen LogP contribution in [0.3, 0.4) is 0 Å². The lowest BCUT2D eigenvalue weighted by atomic mass is 10.1. The monoisotopic (exact) mass is 257 g/mol. The molecule has 1 N–H and O–H groups in total. The first-order valence-corrected chi connectivity index (χ1v) is 5.72. The second-order valence-corrected chi connectivity index (χ2v) is 4.21. The molecule has 19 heavy (non-hydrogen) atoms. The molecule has 5 nitrogen and oxygen atoms in total. The molecule has 96 valence electrons. The number of ether oxygens (including phenoxy) is 1. The number of hydrogen-bond acceptors (Lipinski definition) is 5. The van der Waals surface area contributed by atoms with Crippen molar-refractivity contribution < 1.29 is 14.3 Å². The molecule has 0 spiro atoms. The summed E-state index contributed by atoms with van der Waals surface area (Å²) in [5, 5.41) is 11.2. The van der Waals surface area contributed by atoms with Crippen LogP contribution in [0.15, 0.2) is 33.5 Å². The molecule has 0 radical (unpaired) electrons. The Morgan fingerprint density at radius 1 is 1.32 bits per heavy atom. The molecule has 0 aliphatic rings. The predicted molar refractivity (Wildman–Crippen MR) is 71.3 cm³/mol. The van der Waals surface area contributed by atoms with Gasteiger partial charge in [0.05, 0.1) is 12.5 Å². The van der Waals surface area contributed by atoms with Crippen molar-refractivity contribution in [2.75, 3.05) is 7.11 Å². The number of furan rings is 1. The molecule has 5 heteroatoms. The normalized spacial score (nSPS) is 12.9. The second kappa shape index (κ2) is 3.98. The van der Waals surface area contributed by atoms with Gasteiger partial charge in [-0.2, -0.15) is 0 Å². The van der Waals surface area contributed by atoms with Crippen LogP contribution < -0.4 is 15.7 Å². The molecule has 3 aromatic rings. The summed E-state index contributed by atoms with van der Waals surface area (Å²) in [6.07, 6.45) is 0. The summed E-state index contributed by atoms with van der Waals surface area (Å²) < 4.78 is 10.8. The maximum atomic E-state index is 11.6. The van der Waals surface area contributed by atoms with E-state index in [0.29, 0.717) is 22.2 Å². The number of aliphatic hydroxyl groups excluding tert-OH is 1. The van der Waals surface area contributed by atoms with Crippen LogP contribution in [-0.2, 0) is 0 Å². The Kier molecular flexibility index (Phi) is 2.41. The highest BCUT2D eigenvalue weighted by Gasteiger charge is 2.15. The van der Waals surface area contributed by atoms with Gasteiger partial charge < -0.3 is 14.3 Å². The third-order valence-electron chi connectivity index (χ3n) is 2.99. The molecule has 2 aromatic heterocycles. The Hall–Kier alpha value is -2.56. The minimum absolute atomic E-state index is 0.0300. The van der Waals surface area contributed by atoms with Crippen molar-refractivity contribution in [3.8, 4) is 5.75 Å². The minimum atomic E-state index is -0.389. The summed E-state index contributed by atoms with van der Waals surface area (Å²) >= 11 is 0. The van der Waals surface area contributed by atoms with E-state index >= 15 is 0 Å². The van der Waals surface area contributed by atoms with Crippen molar-refractivity contribution in [2.45, 2.75) is 6.92 Å². The SMILES string of the molecule is COc1ccc2ccc(=O)nc3/c(=C(/C)O)oc1c23. The van der Waals surface area contributed by atoms with Gasteiger partial charge in [-0.1, -0.05) is 6.07 Å². The smallest absolute Gasteiger partial charge is 0.270 e. The molecule has 0 saturated heterocycles. The van der Waals surface area contributed by atoms with E-state index < -0.39 is 0 Å². The van der Waals surface area contributed by atoms with Crippen molar-refractivity contribution >= 4 is 27.6 Å². The van der Waals surface area contributed by atoms with E-state index in [9.17, 15) is 9.90 Å². The van der Waals surface area contributed by atoms with Crippen molar-refractivity contribution in [1.29, 1.82) is 0 Å². The number of hydrogen-bond donors (Lipinski definition) is 1. The van der Waals surface area contributed by atoms with Crippen LogP contribution in [-0.4, -0.2) is 17.2 Å². The maximum Gasteiger partial charge on any atom is 0.270 e. The van der Waals surface area contributed by atoms with Crippen LogP contribution >= 0.6 is 0 Å². The summed E-state index contributed by atoms with van der Waals surface area (Å²) in [5.74, 6) is 0.503. The highest BCUT2D eigenvalue weighted by molar-refractivity contribution is 6.08. The van der Waals surface area contributed by atoms with Gasteiger partial charge in [-0.3, -0.25) is 4.79 Å². The number of methoxy groups -OCH3 is 1. The van der Waals surface area contributed by atoms with Crippen molar-refractivity contribution in [3.63, 3.8) is 0 Å². The lowest BCUT2D eigenvalue weighted by Crippen LogP contribution is -2.06. The van der Waals surface area contributed by atoms with E-state index in [0.717, 1.165) is 5.39 Å². The Labute approximate surface area is 107 Å². The zero-order valence-electron chi connectivity index (χ0n) is 10.4. The molecular weight excluding hydrogens is 246 g/mol. The molecule has 2 heterocycles. The lowest BCUT2D eigenvalue weighted by Gasteiger charge is -1.99. The molecule has 0 aliphatic heterocycles. The molecule has 0 aliphatic carbocycles. The molecule has 1 aromatic carbocycles. The van der Waals surface area contributed by atoms with Gasteiger partial charge in [-0.15, -0.1) is 0 Å². The van der Waals surface area contributed by atoms with Gasteiger partial charge >= 0.3 is 0 Å². The number of nitrogens with zero attached hydrogens (tertiary/aromatic N) is 1. The standard InChI is InChI=1S/C14H11NO4/c1-7(16)13-12-11-8(4-6-10(17)15-12)3-5-9(18-2)14(11)19-13/h3-6,16H,1-2H3/b13-7+. The van der Waals surface area contributed by atoms with Gasteiger partial charge in [-0.05, 0) is 24.4 Å². The molecular formula is C14H11NO4. The van der Waals surface area contributed by atoms with Gasteiger partial charge in [0.2, 0.25) is 0 Å². The number of benzene rings is 1.